The monoisotopic (exact) mass is 498 g/mol. The van der Waals surface area contributed by atoms with Gasteiger partial charge in [-0.25, -0.2) is 4.79 Å². The molecular weight excluding hydrogens is 462 g/mol. The van der Waals surface area contributed by atoms with E-state index < -0.39 is 17.6 Å². The molecule has 0 bridgehead atoms. The van der Waals surface area contributed by atoms with Gasteiger partial charge in [-0.3, -0.25) is 0 Å². The lowest BCUT2D eigenvalue weighted by molar-refractivity contribution is 0.0694. The van der Waals surface area contributed by atoms with Gasteiger partial charge in [-0.05, 0) is 85.2 Å². The zero-order valence-corrected chi connectivity index (χ0v) is 21.5. The standard InChI is InChI=1S/C13H17FO4.C13H19FO3/c1-7(2)17-10-5-9(13(15)16)6-11(12(10)14)18-8(3)4;1-8(2)16-11-5-10(7-15)6-12(13(11)14)17-9(3)4/h5-8H,1-4H3,(H,15,16);5-6,8-9,15H,7H2,1-4H3. The van der Waals surface area contributed by atoms with Gasteiger partial charge in [-0.15, -0.1) is 0 Å². The molecule has 0 saturated heterocycles. The van der Waals surface area contributed by atoms with Crippen molar-refractivity contribution in [2.75, 3.05) is 0 Å². The average Bonchev–Trinajstić information content (AvgIpc) is 2.72. The maximum atomic E-state index is 14.0. The first-order chi connectivity index (χ1) is 16.2. The summed E-state index contributed by atoms with van der Waals surface area (Å²) in [5.41, 5.74) is 0.500. The molecule has 0 unspecified atom stereocenters. The van der Waals surface area contributed by atoms with Crippen molar-refractivity contribution in [3.8, 4) is 23.0 Å². The van der Waals surface area contributed by atoms with E-state index in [0.717, 1.165) is 12.1 Å². The van der Waals surface area contributed by atoms with E-state index in [2.05, 4.69) is 0 Å². The largest absolute Gasteiger partial charge is 0.488 e. The second-order valence-electron chi connectivity index (χ2n) is 8.82. The minimum atomic E-state index is -1.16. The van der Waals surface area contributed by atoms with Crippen LogP contribution in [0.3, 0.4) is 0 Å². The Morgan fingerprint density at radius 2 is 0.971 bits per heavy atom. The minimum absolute atomic E-state index is 0.0669. The van der Waals surface area contributed by atoms with Crippen LogP contribution < -0.4 is 18.9 Å². The number of carboxylic acids is 1. The highest BCUT2D eigenvalue weighted by atomic mass is 19.1. The lowest BCUT2D eigenvalue weighted by atomic mass is 10.2. The fourth-order valence-electron chi connectivity index (χ4n) is 2.77. The predicted octanol–water partition coefficient (Wildman–Crippen LogP) is 5.99. The number of rotatable bonds is 10. The van der Waals surface area contributed by atoms with Crippen molar-refractivity contribution >= 4 is 5.97 Å². The van der Waals surface area contributed by atoms with Gasteiger partial charge < -0.3 is 29.2 Å². The van der Waals surface area contributed by atoms with Crippen LogP contribution in [0.2, 0.25) is 0 Å². The Balaban J connectivity index is 0.000000351. The summed E-state index contributed by atoms with van der Waals surface area (Å²) in [7, 11) is 0. The first kappa shape index (κ1) is 30.0. The molecule has 0 radical (unpaired) electrons. The number of carboxylic acid groups (broad SMARTS) is 1. The molecule has 2 rings (SSSR count). The van der Waals surface area contributed by atoms with E-state index in [-0.39, 0.29) is 59.6 Å². The summed E-state index contributed by atoms with van der Waals surface area (Å²) in [5, 5.41) is 18.1. The van der Waals surface area contributed by atoms with E-state index in [1.54, 1.807) is 27.7 Å². The number of hydrogen-bond acceptors (Lipinski definition) is 6. The fraction of sp³-hybridized carbons (Fsp3) is 0.500. The van der Waals surface area contributed by atoms with E-state index in [1.807, 2.05) is 27.7 Å². The summed E-state index contributed by atoms with van der Waals surface area (Å²) in [4.78, 5) is 11.0. The molecule has 0 fully saturated rings. The number of aliphatic hydroxyl groups excluding tert-OH is 1. The van der Waals surface area contributed by atoms with Crippen LogP contribution in [0, 0.1) is 11.6 Å². The Kier molecular flexibility index (Phi) is 11.7. The number of halogens is 2. The van der Waals surface area contributed by atoms with Gasteiger partial charge in [0.2, 0.25) is 11.6 Å². The molecule has 7 nitrogen and oxygen atoms in total. The first-order valence-corrected chi connectivity index (χ1v) is 11.4. The van der Waals surface area contributed by atoms with Crippen LogP contribution in [0.5, 0.6) is 23.0 Å². The number of ether oxygens (including phenoxy) is 4. The second-order valence-corrected chi connectivity index (χ2v) is 8.82. The zero-order chi connectivity index (χ0) is 26.9. The summed E-state index contributed by atoms with van der Waals surface area (Å²) >= 11 is 0. The molecule has 2 aromatic carbocycles. The van der Waals surface area contributed by atoms with Crippen molar-refractivity contribution in [1.82, 2.24) is 0 Å². The van der Waals surface area contributed by atoms with Crippen LogP contribution in [0.1, 0.15) is 71.3 Å². The average molecular weight is 499 g/mol. The first-order valence-electron chi connectivity index (χ1n) is 11.4. The maximum Gasteiger partial charge on any atom is 0.335 e. The summed E-state index contributed by atoms with van der Waals surface area (Å²) in [6.45, 7) is 14.0. The number of hydrogen-bond donors (Lipinski definition) is 2. The van der Waals surface area contributed by atoms with Crippen LogP contribution in [-0.4, -0.2) is 40.6 Å². The van der Waals surface area contributed by atoms with E-state index >= 15 is 0 Å². The third-order valence-electron chi connectivity index (χ3n) is 3.95. The van der Waals surface area contributed by atoms with Crippen molar-refractivity contribution in [1.29, 1.82) is 0 Å². The molecule has 0 heterocycles. The third-order valence-corrected chi connectivity index (χ3v) is 3.95. The fourth-order valence-corrected chi connectivity index (χ4v) is 2.77. The van der Waals surface area contributed by atoms with Gasteiger partial charge in [-0.1, -0.05) is 0 Å². The molecule has 2 aromatic rings. The molecule has 35 heavy (non-hydrogen) atoms. The summed E-state index contributed by atoms with van der Waals surface area (Å²) in [6.07, 6.45) is -0.776. The van der Waals surface area contributed by atoms with Crippen LogP contribution >= 0.6 is 0 Å². The molecule has 0 aliphatic heterocycles. The third kappa shape index (κ3) is 9.98. The Bertz CT molecular complexity index is 910. The molecule has 0 spiro atoms. The number of benzene rings is 2. The molecule has 0 amide bonds. The van der Waals surface area contributed by atoms with E-state index in [9.17, 15) is 13.6 Å². The maximum absolute atomic E-state index is 14.0. The smallest absolute Gasteiger partial charge is 0.335 e. The molecule has 2 N–H and O–H groups in total. The van der Waals surface area contributed by atoms with Gasteiger partial charge in [0, 0.05) is 0 Å². The quantitative estimate of drug-likeness (QED) is 0.415. The van der Waals surface area contributed by atoms with Crippen molar-refractivity contribution in [3.63, 3.8) is 0 Å². The van der Waals surface area contributed by atoms with E-state index in [4.69, 9.17) is 29.2 Å². The Labute approximate surface area is 205 Å². The summed E-state index contributed by atoms with van der Waals surface area (Å²) in [6, 6.07) is 5.29. The van der Waals surface area contributed by atoms with Gasteiger partial charge in [-0.2, -0.15) is 8.78 Å². The lowest BCUT2D eigenvalue weighted by Gasteiger charge is -2.16. The van der Waals surface area contributed by atoms with Gasteiger partial charge in [0.25, 0.3) is 0 Å². The molecule has 9 heteroatoms. The van der Waals surface area contributed by atoms with Gasteiger partial charge >= 0.3 is 5.97 Å². The normalized spacial score (nSPS) is 10.9. The molecule has 0 aliphatic rings. The van der Waals surface area contributed by atoms with Crippen molar-refractivity contribution in [2.45, 2.75) is 86.4 Å². The lowest BCUT2D eigenvalue weighted by Crippen LogP contribution is -2.12. The highest BCUT2D eigenvalue weighted by molar-refractivity contribution is 5.88. The van der Waals surface area contributed by atoms with Crippen LogP contribution in [0.25, 0.3) is 0 Å². The van der Waals surface area contributed by atoms with Crippen LogP contribution in [0.4, 0.5) is 8.78 Å². The molecule has 0 aromatic heterocycles. The van der Waals surface area contributed by atoms with Gasteiger partial charge in [0.05, 0.1) is 36.6 Å². The SMILES string of the molecule is CC(C)Oc1cc(C(=O)O)cc(OC(C)C)c1F.CC(C)Oc1cc(CO)cc(OC(C)C)c1F. The number of aliphatic hydroxyl groups is 1. The zero-order valence-electron chi connectivity index (χ0n) is 21.5. The Morgan fingerprint density at radius 1 is 0.686 bits per heavy atom. The van der Waals surface area contributed by atoms with Gasteiger partial charge in [0.15, 0.2) is 23.0 Å². The van der Waals surface area contributed by atoms with Crippen LogP contribution in [-0.2, 0) is 6.61 Å². The predicted molar refractivity (Wildman–Crippen MR) is 129 cm³/mol. The number of carbonyl (C=O) groups is 1. The molecule has 0 saturated carbocycles. The molecule has 0 aliphatic carbocycles. The van der Waals surface area contributed by atoms with Crippen molar-refractivity contribution < 1.29 is 42.7 Å². The highest BCUT2D eigenvalue weighted by Crippen LogP contribution is 2.31. The topological polar surface area (TPSA) is 94.5 Å². The Morgan fingerprint density at radius 3 is 1.20 bits per heavy atom. The summed E-state index contributed by atoms with van der Waals surface area (Å²) in [5.74, 6) is -2.35. The molecule has 0 atom stereocenters. The molecule has 196 valence electrons. The minimum Gasteiger partial charge on any atom is -0.488 e. The highest BCUT2D eigenvalue weighted by Gasteiger charge is 2.18. The van der Waals surface area contributed by atoms with Crippen molar-refractivity contribution in [3.05, 3.63) is 47.0 Å². The van der Waals surface area contributed by atoms with Crippen LogP contribution in [0.15, 0.2) is 24.3 Å². The van der Waals surface area contributed by atoms with E-state index in [1.165, 1.54) is 12.1 Å². The second kappa shape index (κ2) is 13.7. The van der Waals surface area contributed by atoms with Gasteiger partial charge in [0.1, 0.15) is 0 Å². The molecular formula is C26H36F2O7. The Hall–Kier alpha value is -3.07. The van der Waals surface area contributed by atoms with Crippen molar-refractivity contribution in [2.24, 2.45) is 0 Å². The van der Waals surface area contributed by atoms with E-state index in [0.29, 0.717) is 5.56 Å². The number of aromatic carboxylic acids is 1. The summed E-state index contributed by atoms with van der Waals surface area (Å²) < 4.78 is 49.1.